The van der Waals surface area contributed by atoms with E-state index in [4.69, 9.17) is 4.55 Å². The molecule has 0 aliphatic rings. The zero-order chi connectivity index (χ0) is 19.1. The molecule has 0 aromatic heterocycles. The average molecular weight is 402 g/mol. The van der Waals surface area contributed by atoms with Gasteiger partial charge in [0.2, 0.25) is 0 Å². The molecule has 0 aliphatic carbocycles. The molecule has 6 nitrogen and oxygen atoms in total. The van der Waals surface area contributed by atoms with Gasteiger partial charge >= 0.3 is 40.0 Å². The van der Waals surface area contributed by atoms with E-state index in [-0.39, 0.29) is 41.9 Å². The Labute approximate surface area is 182 Å². The molecule has 8 heteroatoms. The zero-order valence-corrected chi connectivity index (χ0v) is 19.9. The smallest absolute Gasteiger partial charge is 0.653 e. The predicted molar refractivity (Wildman–Crippen MR) is 101 cm³/mol. The second-order valence-corrected chi connectivity index (χ2v) is 7.92. The topological polar surface area (TPSA) is 94.8 Å². The average Bonchev–Trinajstić information content (AvgIpc) is 2.50. The van der Waals surface area contributed by atoms with E-state index in [2.05, 4.69) is 16.4 Å². The molecule has 0 saturated carbocycles. The van der Waals surface area contributed by atoms with Crippen LogP contribution in [0, 0.1) is 5.92 Å². The first-order chi connectivity index (χ1) is 11.8. The molecule has 0 spiro atoms. The molecule has 0 rings (SSSR count). The molecular formula is C18H36NNaO5S. The van der Waals surface area contributed by atoms with E-state index in [1.807, 2.05) is 0 Å². The molecule has 2 atom stereocenters. The summed E-state index contributed by atoms with van der Waals surface area (Å²) >= 11 is 0. The molecule has 0 fully saturated rings. The number of amides is 1. The fourth-order valence-electron chi connectivity index (χ4n) is 2.79. The van der Waals surface area contributed by atoms with Crippen LogP contribution in [0.25, 0.3) is 5.32 Å². The van der Waals surface area contributed by atoms with Crippen molar-refractivity contribution >= 4 is 16.3 Å². The van der Waals surface area contributed by atoms with Crippen molar-refractivity contribution in [3.05, 3.63) is 5.32 Å². The van der Waals surface area contributed by atoms with E-state index in [0.29, 0.717) is 6.54 Å². The Morgan fingerprint density at radius 3 is 1.88 bits per heavy atom. The van der Waals surface area contributed by atoms with Crippen LogP contribution < -0.4 is 29.6 Å². The maximum atomic E-state index is 11.9. The molecule has 1 amide bonds. The van der Waals surface area contributed by atoms with Crippen LogP contribution >= 0.6 is 0 Å². The van der Waals surface area contributed by atoms with Crippen LogP contribution in [0.15, 0.2) is 0 Å². The summed E-state index contributed by atoms with van der Waals surface area (Å²) in [6, 6.07) is 0. The minimum Gasteiger partial charge on any atom is -0.653 e. The monoisotopic (exact) mass is 401 g/mol. The van der Waals surface area contributed by atoms with Crippen molar-refractivity contribution in [1.82, 2.24) is 0 Å². The molecule has 2 unspecified atom stereocenters. The zero-order valence-electron chi connectivity index (χ0n) is 17.1. The van der Waals surface area contributed by atoms with Gasteiger partial charge in [0.25, 0.3) is 0 Å². The molecule has 0 radical (unpaired) electrons. The maximum absolute atomic E-state index is 11.9. The third-order valence-electron chi connectivity index (χ3n) is 4.17. The van der Waals surface area contributed by atoms with E-state index >= 15 is 0 Å². The SMILES string of the molecule is CCCCCCCCCCCC[N-]C(=O)C(C)CC(C)OS(=O)(=O)O.[Na+]. The van der Waals surface area contributed by atoms with Crippen LogP contribution in [-0.4, -0.2) is 31.5 Å². The van der Waals surface area contributed by atoms with E-state index in [1.165, 1.54) is 58.3 Å². The molecule has 0 aromatic carbocycles. The second kappa shape index (κ2) is 17.4. The first-order valence-corrected chi connectivity index (χ1v) is 11.0. The van der Waals surface area contributed by atoms with Crippen molar-refractivity contribution in [2.75, 3.05) is 6.54 Å². The number of carbonyl (C=O) groups excluding carboxylic acids is 1. The van der Waals surface area contributed by atoms with Crippen molar-refractivity contribution in [2.24, 2.45) is 5.92 Å². The quantitative estimate of drug-likeness (QED) is 0.243. The van der Waals surface area contributed by atoms with Gasteiger partial charge in [-0.05, 0) is 13.3 Å². The van der Waals surface area contributed by atoms with Crippen LogP contribution in [-0.2, 0) is 19.4 Å². The molecule has 0 aliphatic heterocycles. The number of carbonyl (C=O) groups is 1. The van der Waals surface area contributed by atoms with Crippen LogP contribution in [0.1, 0.15) is 91.4 Å². The van der Waals surface area contributed by atoms with Crippen molar-refractivity contribution in [3.8, 4) is 0 Å². The Kier molecular flexibility index (Phi) is 19.1. The third-order valence-corrected chi connectivity index (χ3v) is 4.74. The van der Waals surface area contributed by atoms with Crippen molar-refractivity contribution in [1.29, 1.82) is 0 Å². The van der Waals surface area contributed by atoms with Crippen molar-refractivity contribution < 1.29 is 51.5 Å². The number of nitrogens with zero attached hydrogens (tertiary/aromatic N) is 1. The van der Waals surface area contributed by atoms with Gasteiger partial charge in [0, 0.05) is 5.92 Å². The van der Waals surface area contributed by atoms with Crippen LogP contribution in [0.5, 0.6) is 0 Å². The summed E-state index contributed by atoms with van der Waals surface area (Å²) in [6.07, 6.45) is 11.8. The van der Waals surface area contributed by atoms with Crippen molar-refractivity contribution in [2.45, 2.75) is 97.5 Å². The van der Waals surface area contributed by atoms with Gasteiger partial charge in [-0.25, -0.2) is 4.18 Å². The van der Waals surface area contributed by atoms with E-state index in [1.54, 1.807) is 6.92 Å². The first-order valence-electron chi connectivity index (χ1n) is 9.63. The van der Waals surface area contributed by atoms with Crippen molar-refractivity contribution in [3.63, 3.8) is 0 Å². The van der Waals surface area contributed by atoms with Gasteiger partial charge in [0.05, 0.1) is 12.0 Å². The summed E-state index contributed by atoms with van der Waals surface area (Å²) < 4.78 is 34.2. The number of unbranched alkanes of at least 4 members (excludes halogenated alkanes) is 9. The predicted octanol–water partition coefficient (Wildman–Crippen LogP) is 2.05. The Balaban J connectivity index is 0. The van der Waals surface area contributed by atoms with Gasteiger partial charge in [-0.3, -0.25) is 4.55 Å². The number of hydrogen-bond acceptors (Lipinski definition) is 4. The Morgan fingerprint density at radius 1 is 0.962 bits per heavy atom. The van der Waals surface area contributed by atoms with Gasteiger partial charge in [-0.15, -0.1) is 6.54 Å². The fourth-order valence-corrected chi connectivity index (χ4v) is 3.28. The Bertz CT molecular complexity index is 445. The van der Waals surface area contributed by atoms with Gasteiger partial charge in [-0.1, -0.05) is 78.1 Å². The van der Waals surface area contributed by atoms with Gasteiger partial charge < -0.3 is 10.1 Å². The molecule has 150 valence electrons. The van der Waals surface area contributed by atoms with E-state index in [0.717, 1.165) is 12.8 Å². The maximum Gasteiger partial charge on any atom is 1.00 e. The van der Waals surface area contributed by atoms with Crippen LogP contribution in [0.3, 0.4) is 0 Å². The molecule has 0 saturated heterocycles. The first kappa shape index (κ1) is 28.5. The second-order valence-electron chi connectivity index (χ2n) is 6.87. The summed E-state index contributed by atoms with van der Waals surface area (Å²) in [5, 5.41) is 4.03. The van der Waals surface area contributed by atoms with Gasteiger partial charge in [0.1, 0.15) is 0 Å². The van der Waals surface area contributed by atoms with E-state index < -0.39 is 22.4 Å². The summed E-state index contributed by atoms with van der Waals surface area (Å²) in [5.41, 5.74) is 0. The molecule has 26 heavy (non-hydrogen) atoms. The molecule has 0 aromatic rings. The minimum atomic E-state index is -4.48. The molecule has 0 bridgehead atoms. The number of rotatable bonds is 16. The minimum absolute atomic E-state index is 0. The van der Waals surface area contributed by atoms with Crippen LogP contribution in [0.2, 0.25) is 0 Å². The third kappa shape index (κ3) is 19.1. The van der Waals surface area contributed by atoms with E-state index in [9.17, 15) is 13.2 Å². The fraction of sp³-hybridized carbons (Fsp3) is 0.944. The van der Waals surface area contributed by atoms with Crippen LogP contribution in [0.4, 0.5) is 0 Å². The summed E-state index contributed by atoms with van der Waals surface area (Å²) in [7, 11) is -4.48. The Morgan fingerprint density at radius 2 is 1.42 bits per heavy atom. The standard InChI is InChI=1S/C18H37NO5S.Na/c1-4-5-6-7-8-9-10-11-12-13-14-19-18(20)16(2)15-17(3)24-25(21,22)23;/h16-17H,4-15H2,1-3H3,(H2,19,20,21,22,23);/q;+1/p-1. The molecular weight excluding hydrogens is 365 g/mol. The summed E-state index contributed by atoms with van der Waals surface area (Å²) in [4.78, 5) is 11.9. The van der Waals surface area contributed by atoms with Gasteiger partial charge in [0.15, 0.2) is 0 Å². The molecule has 1 N–H and O–H groups in total. The largest absolute Gasteiger partial charge is 1.00 e. The molecule has 0 heterocycles. The summed E-state index contributed by atoms with van der Waals surface area (Å²) in [6.45, 7) is 5.94. The normalized spacial score (nSPS) is 13.7. The van der Waals surface area contributed by atoms with Gasteiger partial charge in [-0.2, -0.15) is 8.42 Å². The summed E-state index contributed by atoms with van der Waals surface area (Å²) in [5.74, 6) is -0.651. The number of hydrogen-bond donors (Lipinski definition) is 1. The Hall–Kier alpha value is 0.340.